The maximum Gasteiger partial charge on any atom is 0.255 e. The zero-order valence-electron chi connectivity index (χ0n) is 18.5. The van der Waals surface area contributed by atoms with Crippen molar-refractivity contribution >= 4 is 28.9 Å². The van der Waals surface area contributed by atoms with E-state index in [0.29, 0.717) is 23.8 Å². The topological polar surface area (TPSA) is 53.6 Å². The first-order valence-electron chi connectivity index (χ1n) is 10.9. The Bertz CT molecular complexity index is 1140. The molecule has 1 aliphatic rings. The molecule has 6 heteroatoms. The van der Waals surface area contributed by atoms with Crippen molar-refractivity contribution in [2.24, 2.45) is 0 Å². The van der Waals surface area contributed by atoms with Crippen LogP contribution in [-0.2, 0) is 4.74 Å². The number of para-hydroxylation sites is 2. The summed E-state index contributed by atoms with van der Waals surface area (Å²) in [7, 11) is 1.83. The number of morpholine rings is 1. The van der Waals surface area contributed by atoms with Gasteiger partial charge in [0.05, 0.1) is 30.6 Å². The summed E-state index contributed by atoms with van der Waals surface area (Å²) in [6, 6.07) is 22.7. The van der Waals surface area contributed by atoms with Crippen molar-refractivity contribution < 1.29 is 9.53 Å². The number of rotatable bonds is 5. The van der Waals surface area contributed by atoms with Gasteiger partial charge in [-0.05, 0) is 54.1 Å². The monoisotopic (exact) mass is 459 g/mol. The molecule has 1 amide bonds. The Morgan fingerprint density at radius 2 is 1.64 bits per heavy atom. The molecule has 0 spiro atoms. The number of hydrogen-bond acceptors (Lipinski definition) is 4. The van der Waals surface area contributed by atoms with E-state index in [1.165, 1.54) is 0 Å². The van der Waals surface area contributed by atoms with E-state index >= 15 is 0 Å². The van der Waals surface area contributed by atoms with Crippen LogP contribution >= 0.6 is 11.6 Å². The number of carbonyl (C=O) groups is 1. The summed E-state index contributed by atoms with van der Waals surface area (Å²) in [4.78, 5) is 15.0. The lowest BCUT2D eigenvalue weighted by molar-refractivity contribution is 0.0270. The first-order chi connectivity index (χ1) is 16.1. The molecule has 5 nitrogen and oxygen atoms in total. The van der Waals surface area contributed by atoms with Crippen LogP contribution in [0.5, 0.6) is 0 Å². The van der Waals surface area contributed by atoms with E-state index in [1.54, 1.807) is 12.1 Å². The van der Waals surface area contributed by atoms with E-state index in [-0.39, 0.29) is 11.9 Å². The molecule has 0 radical (unpaired) electrons. The Morgan fingerprint density at radius 3 is 2.30 bits per heavy atom. The highest BCUT2D eigenvalue weighted by molar-refractivity contribution is 6.30. The number of anilines is 2. The third kappa shape index (κ3) is 5.94. The Hall–Kier alpha value is -3.30. The van der Waals surface area contributed by atoms with Crippen molar-refractivity contribution in [3.63, 3.8) is 0 Å². The normalized spacial score (nSPS) is 14.6. The molecular formula is C27H26ClN3O2. The van der Waals surface area contributed by atoms with Crippen LogP contribution in [0.4, 0.5) is 11.4 Å². The first-order valence-corrected chi connectivity index (χ1v) is 11.3. The summed E-state index contributed by atoms with van der Waals surface area (Å²) < 4.78 is 5.51. The zero-order chi connectivity index (χ0) is 23.0. The Morgan fingerprint density at radius 1 is 0.970 bits per heavy atom. The van der Waals surface area contributed by atoms with Crippen molar-refractivity contribution in [3.8, 4) is 11.8 Å². The second-order valence-electron chi connectivity index (χ2n) is 7.70. The predicted octanol–water partition coefficient (Wildman–Crippen LogP) is 5.06. The molecule has 1 saturated heterocycles. The lowest BCUT2D eigenvalue weighted by Gasteiger charge is -2.31. The van der Waals surface area contributed by atoms with Crippen LogP contribution < -0.4 is 10.6 Å². The van der Waals surface area contributed by atoms with Crippen LogP contribution in [0.3, 0.4) is 0 Å². The molecular weight excluding hydrogens is 434 g/mol. The summed E-state index contributed by atoms with van der Waals surface area (Å²) in [5, 5.41) is 6.74. The van der Waals surface area contributed by atoms with Gasteiger partial charge in [0.15, 0.2) is 0 Å². The van der Waals surface area contributed by atoms with Gasteiger partial charge < -0.3 is 15.4 Å². The maximum absolute atomic E-state index is 12.7. The maximum atomic E-state index is 12.7. The van der Waals surface area contributed by atoms with E-state index in [0.717, 1.165) is 35.6 Å². The van der Waals surface area contributed by atoms with Crippen molar-refractivity contribution in [1.82, 2.24) is 4.90 Å². The lowest BCUT2D eigenvalue weighted by Crippen LogP contribution is -2.38. The molecule has 3 aromatic carbocycles. The lowest BCUT2D eigenvalue weighted by atomic mass is 10.0. The summed E-state index contributed by atoms with van der Waals surface area (Å²) in [6.45, 7) is 3.06. The van der Waals surface area contributed by atoms with Crippen molar-refractivity contribution in [2.45, 2.75) is 6.04 Å². The minimum absolute atomic E-state index is 0.0489. The van der Waals surface area contributed by atoms with E-state index in [1.807, 2.05) is 67.7 Å². The summed E-state index contributed by atoms with van der Waals surface area (Å²) in [5.74, 6) is 6.53. The van der Waals surface area contributed by atoms with Gasteiger partial charge in [-0.15, -0.1) is 0 Å². The SMILES string of the molecule is CNc1ccccc1NC(=O)c1ccc(C#CC(c2ccc(Cl)cc2)N2CCOCC2)cc1. The van der Waals surface area contributed by atoms with Gasteiger partial charge in [0, 0.05) is 36.3 Å². The van der Waals surface area contributed by atoms with Crippen LogP contribution in [0.2, 0.25) is 5.02 Å². The highest BCUT2D eigenvalue weighted by atomic mass is 35.5. The standard InChI is InChI=1S/C27H26ClN3O2/c1-29-24-4-2-3-5-25(24)30-27(32)22-9-6-20(7-10-22)8-15-26(31-16-18-33-19-17-31)21-11-13-23(28)14-12-21/h2-7,9-14,26,29H,16-19H2,1H3,(H,30,32). The number of hydrogen-bond donors (Lipinski definition) is 2. The third-order valence-corrected chi connectivity index (χ3v) is 5.79. The molecule has 1 aliphatic heterocycles. The number of carbonyl (C=O) groups excluding carboxylic acids is 1. The van der Waals surface area contributed by atoms with Gasteiger partial charge in [-0.25, -0.2) is 0 Å². The van der Waals surface area contributed by atoms with E-state index in [9.17, 15) is 4.79 Å². The summed E-state index contributed by atoms with van der Waals surface area (Å²) in [6.07, 6.45) is 0. The predicted molar refractivity (Wildman–Crippen MR) is 134 cm³/mol. The zero-order valence-corrected chi connectivity index (χ0v) is 19.2. The van der Waals surface area contributed by atoms with Crippen molar-refractivity contribution in [2.75, 3.05) is 44.0 Å². The van der Waals surface area contributed by atoms with Gasteiger partial charge in [0.25, 0.3) is 5.91 Å². The van der Waals surface area contributed by atoms with Crippen molar-refractivity contribution in [1.29, 1.82) is 0 Å². The highest BCUT2D eigenvalue weighted by Gasteiger charge is 2.21. The molecule has 1 atom stereocenters. The third-order valence-electron chi connectivity index (χ3n) is 5.54. The van der Waals surface area contributed by atoms with Crippen molar-refractivity contribution in [3.05, 3.63) is 94.5 Å². The smallest absolute Gasteiger partial charge is 0.255 e. The average Bonchev–Trinajstić information content (AvgIpc) is 2.86. The minimum atomic E-state index is -0.162. The van der Waals surface area contributed by atoms with E-state index < -0.39 is 0 Å². The molecule has 1 heterocycles. The minimum Gasteiger partial charge on any atom is -0.386 e. The molecule has 0 bridgehead atoms. The van der Waals surface area contributed by atoms with Crippen LogP contribution in [-0.4, -0.2) is 44.2 Å². The second kappa shape index (κ2) is 11.0. The fraction of sp³-hybridized carbons (Fsp3) is 0.222. The van der Waals surface area contributed by atoms with Crippen LogP contribution in [0, 0.1) is 11.8 Å². The molecule has 1 unspecified atom stereocenters. The quantitative estimate of drug-likeness (QED) is 0.524. The molecule has 33 heavy (non-hydrogen) atoms. The fourth-order valence-corrected chi connectivity index (χ4v) is 3.85. The first kappa shape index (κ1) is 22.9. The van der Waals surface area contributed by atoms with Gasteiger partial charge in [0.1, 0.15) is 0 Å². The molecule has 2 N–H and O–H groups in total. The molecule has 0 aromatic heterocycles. The molecule has 168 valence electrons. The fourth-order valence-electron chi connectivity index (χ4n) is 3.73. The molecule has 1 fully saturated rings. The molecule has 0 saturated carbocycles. The number of ether oxygens (including phenoxy) is 1. The molecule has 4 rings (SSSR count). The average molecular weight is 460 g/mol. The number of amides is 1. The highest BCUT2D eigenvalue weighted by Crippen LogP contribution is 2.24. The Labute approximate surface area is 199 Å². The number of nitrogens with one attached hydrogen (secondary N) is 2. The molecule has 3 aromatic rings. The van der Waals surface area contributed by atoms with Crippen LogP contribution in [0.25, 0.3) is 0 Å². The largest absolute Gasteiger partial charge is 0.386 e. The van der Waals surface area contributed by atoms with Crippen LogP contribution in [0.1, 0.15) is 27.5 Å². The van der Waals surface area contributed by atoms with Gasteiger partial charge in [0.2, 0.25) is 0 Å². The van der Waals surface area contributed by atoms with Crippen LogP contribution in [0.15, 0.2) is 72.8 Å². The number of benzene rings is 3. The van der Waals surface area contributed by atoms with Gasteiger partial charge in [-0.3, -0.25) is 9.69 Å². The van der Waals surface area contributed by atoms with E-state index in [4.69, 9.17) is 16.3 Å². The summed E-state index contributed by atoms with van der Waals surface area (Å²) >= 11 is 6.08. The van der Waals surface area contributed by atoms with E-state index in [2.05, 4.69) is 27.4 Å². The molecule has 0 aliphatic carbocycles. The number of nitrogens with zero attached hydrogens (tertiary/aromatic N) is 1. The van der Waals surface area contributed by atoms with Gasteiger partial charge in [-0.1, -0.05) is 47.7 Å². The second-order valence-corrected chi connectivity index (χ2v) is 8.14. The summed E-state index contributed by atoms with van der Waals surface area (Å²) in [5.41, 5.74) is 4.14. The Kier molecular flexibility index (Phi) is 7.64. The number of halogens is 1. The Balaban J connectivity index is 1.50. The van der Waals surface area contributed by atoms with Gasteiger partial charge in [-0.2, -0.15) is 0 Å². The van der Waals surface area contributed by atoms with Gasteiger partial charge >= 0.3 is 0 Å².